The highest BCUT2D eigenvalue weighted by molar-refractivity contribution is 6.11. The van der Waals surface area contributed by atoms with Gasteiger partial charge in [-0.2, -0.15) is 0 Å². The topological polar surface area (TPSA) is 8.17 Å². The normalized spacial score (nSPS) is 11.3. The van der Waals surface area contributed by atoms with E-state index in [1.165, 1.54) is 60.5 Å². The van der Waals surface area contributed by atoms with Crippen LogP contribution in [-0.2, 0) is 0 Å². The summed E-state index contributed by atoms with van der Waals surface area (Å²) in [6, 6.07) is 69.9. The Labute approximate surface area is 280 Å². The van der Waals surface area contributed by atoms with Crippen molar-refractivity contribution in [1.82, 2.24) is 4.57 Å². The first kappa shape index (κ1) is 27.9. The van der Waals surface area contributed by atoms with Crippen LogP contribution in [0.3, 0.4) is 0 Å². The van der Waals surface area contributed by atoms with Crippen LogP contribution in [0.25, 0.3) is 60.5 Å². The molecule has 226 valence electrons. The average Bonchev–Trinajstić information content (AvgIpc) is 3.50. The Kier molecular flexibility index (Phi) is 6.84. The molecule has 0 aliphatic heterocycles. The van der Waals surface area contributed by atoms with Crippen molar-refractivity contribution in [3.63, 3.8) is 0 Å². The van der Waals surface area contributed by atoms with Crippen LogP contribution in [0, 0.1) is 0 Å². The zero-order valence-corrected chi connectivity index (χ0v) is 26.4. The molecule has 0 atom stereocenters. The predicted molar refractivity (Wildman–Crippen MR) is 204 cm³/mol. The average molecular weight is 613 g/mol. The summed E-state index contributed by atoms with van der Waals surface area (Å²) in [7, 11) is 0. The molecule has 0 aliphatic rings. The minimum Gasteiger partial charge on any atom is -0.310 e. The number of rotatable bonds is 6. The van der Waals surface area contributed by atoms with E-state index in [9.17, 15) is 0 Å². The fourth-order valence-corrected chi connectivity index (χ4v) is 7.27. The van der Waals surface area contributed by atoms with Crippen LogP contribution in [0.4, 0.5) is 17.1 Å². The first-order valence-electron chi connectivity index (χ1n) is 16.5. The molecule has 0 saturated heterocycles. The Hall–Kier alpha value is -6.38. The van der Waals surface area contributed by atoms with E-state index < -0.39 is 0 Å². The van der Waals surface area contributed by atoms with E-state index >= 15 is 0 Å². The summed E-state index contributed by atoms with van der Waals surface area (Å²) in [5, 5.41) is 4.96. The summed E-state index contributed by atoms with van der Waals surface area (Å²) in [5.41, 5.74) is 11.7. The molecule has 9 aromatic rings. The number of para-hydroxylation sites is 4. The van der Waals surface area contributed by atoms with Crippen LogP contribution in [0.15, 0.2) is 194 Å². The van der Waals surface area contributed by atoms with Crippen molar-refractivity contribution < 1.29 is 0 Å². The highest BCUT2D eigenvalue weighted by atomic mass is 15.1. The molecule has 9 rings (SSSR count). The van der Waals surface area contributed by atoms with E-state index in [0.717, 1.165) is 17.1 Å². The molecule has 0 amide bonds. The van der Waals surface area contributed by atoms with Crippen molar-refractivity contribution in [2.24, 2.45) is 0 Å². The van der Waals surface area contributed by atoms with Crippen molar-refractivity contribution in [1.29, 1.82) is 0 Å². The van der Waals surface area contributed by atoms with Gasteiger partial charge in [0.2, 0.25) is 0 Å². The van der Waals surface area contributed by atoms with Gasteiger partial charge in [0.05, 0.1) is 22.4 Å². The first-order chi connectivity index (χ1) is 23.8. The smallest absolute Gasteiger partial charge is 0.0547 e. The van der Waals surface area contributed by atoms with E-state index in [1.54, 1.807) is 0 Å². The molecule has 0 fully saturated rings. The third-order valence-corrected chi connectivity index (χ3v) is 9.37. The van der Waals surface area contributed by atoms with Gasteiger partial charge in [0.1, 0.15) is 0 Å². The van der Waals surface area contributed by atoms with Crippen molar-refractivity contribution in [2.45, 2.75) is 0 Å². The standard InChI is InChI=1S/C46H32N2/c1-3-16-33(17-4-1)38-23-9-12-27-42(38)47(36-20-5-2-6-21-36)37-22-15-19-35(32-37)46-39-24-8-7-18-34(39)30-31-45(46)48-43-28-13-10-25-40(43)41-26-11-14-29-44(41)48/h1-32H. The molecule has 0 spiro atoms. The Morgan fingerprint density at radius 1 is 0.375 bits per heavy atom. The van der Waals surface area contributed by atoms with Gasteiger partial charge in [-0.1, -0.05) is 146 Å². The van der Waals surface area contributed by atoms with E-state index in [0.29, 0.717) is 0 Å². The van der Waals surface area contributed by atoms with Crippen LogP contribution >= 0.6 is 0 Å². The van der Waals surface area contributed by atoms with Crippen LogP contribution in [0.2, 0.25) is 0 Å². The van der Waals surface area contributed by atoms with Gasteiger partial charge >= 0.3 is 0 Å². The van der Waals surface area contributed by atoms with Gasteiger partial charge in [-0.05, 0) is 70.4 Å². The number of hydrogen-bond acceptors (Lipinski definition) is 1. The highest BCUT2D eigenvalue weighted by Gasteiger charge is 2.20. The Bertz CT molecular complexity index is 2510. The predicted octanol–water partition coefficient (Wildman–Crippen LogP) is 12.7. The lowest BCUT2D eigenvalue weighted by atomic mass is 9.95. The minimum atomic E-state index is 1.10. The SMILES string of the molecule is c1ccc(-c2ccccc2N(c2ccccc2)c2cccc(-c3c(-n4c5ccccc5c5ccccc54)ccc4ccccc34)c2)cc1. The fourth-order valence-electron chi connectivity index (χ4n) is 7.27. The number of aromatic nitrogens is 1. The minimum absolute atomic E-state index is 1.10. The number of nitrogens with zero attached hydrogens (tertiary/aromatic N) is 2. The summed E-state index contributed by atoms with van der Waals surface area (Å²) in [6.45, 7) is 0. The lowest BCUT2D eigenvalue weighted by Crippen LogP contribution is -2.11. The molecule has 48 heavy (non-hydrogen) atoms. The number of anilines is 3. The summed E-state index contributed by atoms with van der Waals surface area (Å²) in [6.07, 6.45) is 0. The van der Waals surface area contributed by atoms with Crippen molar-refractivity contribution >= 4 is 49.6 Å². The maximum Gasteiger partial charge on any atom is 0.0547 e. The van der Waals surface area contributed by atoms with Gasteiger partial charge in [0.25, 0.3) is 0 Å². The Morgan fingerprint density at radius 2 is 0.938 bits per heavy atom. The maximum absolute atomic E-state index is 2.44. The van der Waals surface area contributed by atoms with Crippen molar-refractivity contribution in [3.8, 4) is 27.9 Å². The largest absolute Gasteiger partial charge is 0.310 e. The molecule has 2 nitrogen and oxygen atoms in total. The van der Waals surface area contributed by atoms with Crippen LogP contribution < -0.4 is 4.90 Å². The molecule has 0 bridgehead atoms. The zero-order valence-electron chi connectivity index (χ0n) is 26.4. The fraction of sp³-hybridized carbons (Fsp3) is 0. The highest BCUT2D eigenvalue weighted by Crippen LogP contribution is 2.44. The van der Waals surface area contributed by atoms with Crippen molar-refractivity contribution in [2.75, 3.05) is 4.90 Å². The van der Waals surface area contributed by atoms with Crippen LogP contribution in [-0.4, -0.2) is 4.57 Å². The summed E-state index contributed by atoms with van der Waals surface area (Å²) < 4.78 is 2.44. The Balaban J connectivity index is 1.31. The van der Waals surface area contributed by atoms with Crippen LogP contribution in [0.1, 0.15) is 0 Å². The van der Waals surface area contributed by atoms with E-state index in [4.69, 9.17) is 0 Å². The molecule has 0 saturated carbocycles. The monoisotopic (exact) mass is 612 g/mol. The van der Waals surface area contributed by atoms with E-state index in [1.807, 2.05) is 0 Å². The molecule has 1 aromatic heterocycles. The zero-order chi connectivity index (χ0) is 31.9. The van der Waals surface area contributed by atoms with Crippen molar-refractivity contribution in [3.05, 3.63) is 194 Å². The van der Waals surface area contributed by atoms with E-state index in [2.05, 4.69) is 204 Å². The van der Waals surface area contributed by atoms with Gasteiger partial charge in [-0.3, -0.25) is 0 Å². The molecule has 0 radical (unpaired) electrons. The van der Waals surface area contributed by atoms with Gasteiger partial charge in [-0.15, -0.1) is 0 Å². The second-order valence-corrected chi connectivity index (χ2v) is 12.2. The molecule has 0 unspecified atom stereocenters. The molecule has 2 heteroatoms. The Morgan fingerprint density at radius 3 is 1.69 bits per heavy atom. The third kappa shape index (κ3) is 4.66. The lowest BCUT2D eigenvalue weighted by molar-refractivity contribution is 1.19. The van der Waals surface area contributed by atoms with Gasteiger partial charge in [0.15, 0.2) is 0 Å². The summed E-state index contributed by atoms with van der Waals surface area (Å²) >= 11 is 0. The molecular weight excluding hydrogens is 581 g/mol. The maximum atomic E-state index is 2.44. The summed E-state index contributed by atoms with van der Waals surface area (Å²) in [5.74, 6) is 0. The third-order valence-electron chi connectivity index (χ3n) is 9.37. The molecular formula is C46H32N2. The van der Waals surface area contributed by atoms with E-state index in [-0.39, 0.29) is 0 Å². The quantitative estimate of drug-likeness (QED) is 0.181. The number of benzene rings is 8. The van der Waals surface area contributed by atoms with Crippen LogP contribution in [0.5, 0.6) is 0 Å². The summed E-state index contributed by atoms with van der Waals surface area (Å²) in [4.78, 5) is 2.39. The molecule has 1 heterocycles. The molecule has 0 N–H and O–H groups in total. The number of hydrogen-bond donors (Lipinski definition) is 0. The lowest BCUT2D eigenvalue weighted by Gasteiger charge is -2.28. The van der Waals surface area contributed by atoms with Gasteiger partial charge in [0, 0.05) is 33.3 Å². The van der Waals surface area contributed by atoms with Gasteiger partial charge in [-0.25, -0.2) is 0 Å². The second-order valence-electron chi connectivity index (χ2n) is 12.2. The molecule has 8 aromatic carbocycles. The number of fused-ring (bicyclic) bond motifs is 4. The molecule has 0 aliphatic carbocycles. The first-order valence-corrected chi connectivity index (χ1v) is 16.5. The second kappa shape index (κ2) is 11.8. The van der Waals surface area contributed by atoms with Gasteiger partial charge < -0.3 is 9.47 Å².